The van der Waals surface area contributed by atoms with Crippen molar-refractivity contribution in [3.05, 3.63) is 45.5 Å². The van der Waals surface area contributed by atoms with Gasteiger partial charge in [-0.05, 0) is 25.0 Å². The molecular weight excluding hydrogens is 283 g/mol. The molecule has 0 amide bonds. The Kier molecular flexibility index (Phi) is 2.89. The number of hydrogen-bond donors (Lipinski definition) is 1. The largest absolute Gasteiger partial charge is 0.476 e. The molecule has 1 N–H and O–H groups in total. The highest BCUT2D eigenvalue weighted by Crippen LogP contribution is 2.42. The predicted octanol–water partition coefficient (Wildman–Crippen LogP) is 1.89. The van der Waals surface area contributed by atoms with Crippen molar-refractivity contribution in [2.45, 2.75) is 18.8 Å². The van der Waals surface area contributed by atoms with Crippen LogP contribution in [-0.2, 0) is 0 Å². The van der Waals surface area contributed by atoms with E-state index in [0.29, 0.717) is 5.69 Å². The van der Waals surface area contributed by atoms with Crippen LogP contribution >= 0.6 is 0 Å². The summed E-state index contributed by atoms with van der Waals surface area (Å²) in [4.78, 5) is 21.5. The fraction of sp³-hybridized carbons (Fsp3) is 0.250. The first-order valence-corrected chi connectivity index (χ1v) is 6.12. The smallest absolute Gasteiger partial charge is 0.358 e. The highest BCUT2D eigenvalue weighted by Gasteiger charge is 2.35. The maximum atomic E-state index is 13.2. The van der Waals surface area contributed by atoms with Gasteiger partial charge in [-0.2, -0.15) is 0 Å². The van der Waals surface area contributed by atoms with Crippen LogP contribution in [0.4, 0.5) is 10.1 Å². The molecule has 0 spiro atoms. The van der Waals surface area contributed by atoms with E-state index < -0.39 is 22.4 Å². The van der Waals surface area contributed by atoms with Gasteiger partial charge < -0.3 is 5.11 Å². The van der Waals surface area contributed by atoms with Crippen molar-refractivity contribution in [3.63, 3.8) is 0 Å². The summed E-state index contributed by atoms with van der Waals surface area (Å²) in [5.74, 6) is -2.04. The van der Waals surface area contributed by atoms with Crippen LogP contribution < -0.4 is 0 Å². The standard InChI is InChI=1S/C12H9FN4O4/c13-7-3-4-8(9(5-7)17(20)21)16-11(6-1-2-6)10(12(18)19)14-15-16/h3-6H,1-2H2,(H,18,19). The summed E-state index contributed by atoms with van der Waals surface area (Å²) < 4.78 is 14.3. The summed E-state index contributed by atoms with van der Waals surface area (Å²) in [5.41, 5.74) is -0.393. The van der Waals surface area contributed by atoms with Gasteiger partial charge >= 0.3 is 5.97 Å². The van der Waals surface area contributed by atoms with E-state index in [1.807, 2.05) is 0 Å². The second-order valence-corrected chi connectivity index (χ2v) is 4.70. The Morgan fingerprint density at radius 3 is 2.76 bits per heavy atom. The van der Waals surface area contributed by atoms with Crippen molar-refractivity contribution in [2.75, 3.05) is 0 Å². The highest BCUT2D eigenvalue weighted by molar-refractivity contribution is 5.87. The number of nitrogens with zero attached hydrogens (tertiary/aromatic N) is 4. The first kappa shape index (κ1) is 13.2. The molecule has 1 aliphatic carbocycles. The molecule has 0 atom stereocenters. The van der Waals surface area contributed by atoms with E-state index >= 15 is 0 Å². The summed E-state index contributed by atoms with van der Waals surface area (Å²) in [6, 6.07) is 3.02. The van der Waals surface area contributed by atoms with Crippen molar-refractivity contribution in [1.82, 2.24) is 15.0 Å². The average molecular weight is 292 g/mol. The minimum absolute atomic E-state index is 0.00306. The van der Waals surface area contributed by atoms with E-state index in [2.05, 4.69) is 10.3 Å². The maximum Gasteiger partial charge on any atom is 0.358 e. The van der Waals surface area contributed by atoms with Crippen molar-refractivity contribution in [3.8, 4) is 5.69 Å². The van der Waals surface area contributed by atoms with Crippen molar-refractivity contribution < 1.29 is 19.2 Å². The number of halogens is 1. The number of rotatable bonds is 4. The molecule has 0 saturated heterocycles. The molecule has 0 bridgehead atoms. The van der Waals surface area contributed by atoms with Gasteiger partial charge in [0, 0.05) is 5.92 Å². The Bertz CT molecular complexity index is 754. The lowest BCUT2D eigenvalue weighted by Gasteiger charge is -2.06. The number of aromatic nitrogens is 3. The average Bonchev–Trinajstić information content (AvgIpc) is 3.17. The zero-order valence-corrected chi connectivity index (χ0v) is 10.6. The molecule has 3 rings (SSSR count). The second kappa shape index (κ2) is 4.62. The molecule has 21 heavy (non-hydrogen) atoms. The second-order valence-electron chi connectivity index (χ2n) is 4.70. The number of benzene rings is 1. The number of carboxylic acid groups (broad SMARTS) is 1. The zero-order chi connectivity index (χ0) is 15.1. The van der Waals surface area contributed by atoms with Gasteiger partial charge in [-0.1, -0.05) is 5.21 Å². The molecule has 1 saturated carbocycles. The van der Waals surface area contributed by atoms with E-state index in [1.54, 1.807) is 0 Å². The maximum absolute atomic E-state index is 13.2. The van der Waals surface area contributed by atoms with E-state index in [1.165, 1.54) is 6.07 Å². The monoisotopic (exact) mass is 292 g/mol. The van der Waals surface area contributed by atoms with Crippen molar-refractivity contribution in [1.29, 1.82) is 0 Å². The number of nitro groups is 1. The summed E-state index contributed by atoms with van der Waals surface area (Å²) >= 11 is 0. The zero-order valence-electron chi connectivity index (χ0n) is 10.6. The van der Waals surface area contributed by atoms with Crippen molar-refractivity contribution >= 4 is 11.7 Å². The van der Waals surface area contributed by atoms with Crippen LogP contribution in [0.3, 0.4) is 0 Å². The van der Waals surface area contributed by atoms with Gasteiger partial charge in [-0.3, -0.25) is 10.1 Å². The highest BCUT2D eigenvalue weighted by atomic mass is 19.1. The fourth-order valence-electron chi connectivity index (χ4n) is 2.16. The van der Waals surface area contributed by atoms with Gasteiger partial charge in [0.25, 0.3) is 5.69 Å². The van der Waals surface area contributed by atoms with Gasteiger partial charge in [-0.25, -0.2) is 13.9 Å². The Labute approximate surface area is 117 Å². The number of hydrogen-bond acceptors (Lipinski definition) is 5. The minimum atomic E-state index is -1.24. The lowest BCUT2D eigenvalue weighted by atomic mass is 10.2. The SMILES string of the molecule is O=C(O)c1nnn(-c2ccc(F)cc2[N+](=O)[O-])c1C1CC1. The molecule has 1 aliphatic rings. The Hall–Kier alpha value is -2.84. The molecule has 0 unspecified atom stereocenters. The van der Waals surface area contributed by atoms with Gasteiger partial charge in [0.15, 0.2) is 5.69 Å². The van der Waals surface area contributed by atoms with E-state index in [9.17, 15) is 19.3 Å². The topological polar surface area (TPSA) is 111 Å². The van der Waals surface area contributed by atoms with Crippen LogP contribution in [0, 0.1) is 15.9 Å². The van der Waals surface area contributed by atoms with Crippen LogP contribution in [0.2, 0.25) is 0 Å². The molecule has 9 heteroatoms. The van der Waals surface area contributed by atoms with Gasteiger partial charge in [0.1, 0.15) is 11.5 Å². The van der Waals surface area contributed by atoms with Gasteiger partial charge in [0.2, 0.25) is 0 Å². The van der Waals surface area contributed by atoms with Gasteiger partial charge in [0.05, 0.1) is 16.7 Å². The molecule has 108 valence electrons. The van der Waals surface area contributed by atoms with Crippen LogP contribution in [0.15, 0.2) is 18.2 Å². The normalized spacial score (nSPS) is 14.1. The Morgan fingerprint density at radius 1 is 1.48 bits per heavy atom. The number of nitro benzene ring substituents is 1. The summed E-state index contributed by atoms with van der Waals surface area (Å²) in [7, 11) is 0. The lowest BCUT2D eigenvalue weighted by molar-refractivity contribution is -0.384. The van der Waals surface area contributed by atoms with E-state index in [4.69, 9.17) is 5.11 Å². The van der Waals surface area contributed by atoms with Crippen LogP contribution in [0.25, 0.3) is 5.69 Å². The molecule has 2 aromatic rings. The summed E-state index contributed by atoms with van der Waals surface area (Å²) in [5, 5.41) is 27.4. The number of carboxylic acids is 1. The first-order valence-electron chi connectivity index (χ1n) is 6.12. The van der Waals surface area contributed by atoms with E-state index in [0.717, 1.165) is 29.7 Å². The molecule has 1 fully saturated rings. The number of carbonyl (C=O) groups is 1. The third kappa shape index (κ3) is 2.22. The molecule has 1 heterocycles. The fourth-order valence-corrected chi connectivity index (χ4v) is 2.16. The lowest BCUT2D eigenvalue weighted by Crippen LogP contribution is -2.08. The molecule has 8 nitrogen and oxygen atoms in total. The molecule has 0 aliphatic heterocycles. The summed E-state index contributed by atoms with van der Waals surface area (Å²) in [6.07, 6.45) is 1.53. The van der Waals surface area contributed by atoms with Crippen LogP contribution in [0.5, 0.6) is 0 Å². The first-order chi connectivity index (χ1) is 9.99. The van der Waals surface area contributed by atoms with Crippen LogP contribution in [0.1, 0.15) is 34.9 Å². The summed E-state index contributed by atoms with van der Waals surface area (Å²) in [6.45, 7) is 0. The van der Waals surface area contributed by atoms with Crippen molar-refractivity contribution in [2.24, 2.45) is 0 Å². The molecule has 0 radical (unpaired) electrons. The third-order valence-corrected chi connectivity index (χ3v) is 3.23. The predicted molar refractivity (Wildman–Crippen MR) is 66.9 cm³/mol. The molecule has 1 aromatic heterocycles. The van der Waals surface area contributed by atoms with Gasteiger partial charge in [-0.15, -0.1) is 5.10 Å². The minimum Gasteiger partial charge on any atom is -0.476 e. The Balaban J connectivity index is 2.22. The molecular formula is C12H9FN4O4. The molecule has 1 aromatic carbocycles. The Morgan fingerprint density at radius 2 is 2.19 bits per heavy atom. The van der Waals surface area contributed by atoms with E-state index in [-0.39, 0.29) is 17.3 Å². The third-order valence-electron chi connectivity index (χ3n) is 3.23. The number of aromatic carboxylic acids is 1. The van der Waals surface area contributed by atoms with Crippen LogP contribution in [-0.4, -0.2) is 31.0 Å². The quantitative estimate of drug-likeness (QED) is 0.680.